The van der Waals surface area contributed by atoms with E-state index in [-0.39, 0.29) is 0 Å². The number of rotatable bonds is 3. The Kier molecular flexibility index (Phi) is 3.59. The molecule has 0 amide bonds. The molecule has 0 atom stereocenters. The second kappa shape index (κ2) is 5.16. The van der Waals surface area contributed by atoms with Crippen molar-refractivity contribution in [2.45, 2.75) is 13.5 Å². The van der Waals surface area contributed by atoms with Gasteiger partial charge in [-0.05, 0) is 36.2 Å². The predicted molar refractivity (Wildman–Crippen MR) is 73.6 cm³/mol. The smallest absolute Gasteiger partial charge is 0.120 e. The third-order valence-electron chi connectivity index (χ3n) is 2.93. The predicted octanol–water partition coefficient (Wildman–Crippen LogP) is 3.47. The van der Waals surface area contributed by atoms with E-state index in [9.17, 15) is 0 Å². The van der Waals surface area contributed by atoms with Crippen LogP contribution in [0.25, 0.3) is 0 Å². The monoisotopic (exact) mass is 259 g/mol. The van der Waals surface area contributed by atoms with Crippen molar-refractivity contribution < 1.29 is 0 Å². The number of halogens is 1. The summed E-state index contributed by atoms with van der Waals surface area (Å²) < 4.78 is 1.82. The average molecular weight is 260 g/mol. The van der Waals surface area contributed by atoms with Gasteiger partial charge in [-0.3, -0.25) is 0 Å². The minimum Gasteiger partial charge on any atom is -0.381 e. The number of nitrogens with zero attached hydrogens (tertiary/aromatic N) is 2. The number of benzene rings is 1. The number of nitrogens with one attached hydrogen (secondary N) is 1. The summed E-state index contributed by atoms with van der Waals surface area (Å²) in [6, 6.07) is 9.82. The zero-order valence-corrected chi connectivity index (χ0v) is 11.1. The molecule has 0 spiro atoms. The topological polar surface area (TPSA) is 40.8 Å². The summed E-state index contributed by atoms with van der Waals surface area (Å²) in [5.41, 5.74) is 3.79. The molecule has 1 N–H and O–H groups in total. The Balaban J connectivity index is 2.12. The molecule has 1 aromatic carbocycles. The van der Waals surface area contributed by atoms with Crippen LogP contribution in [0.2, 0.25) is 5.02 Å². The fourth-order valence-corrected chi connectivity index (χ4v) is 2.01. The van der Waals surface area contributed by atoms with Gasteiger partial charge in [-0.1, -0.05) is 17.7 Å². The molecule has 0 fully saturated rings. The summed E-state index contributed by atoms with van der Waals surface area (Å²) in [7, 11) is 1.87. The van der Waals surface area contributed by atoms with Gasteiger partial charge in [0, 0.05) is 30.5 Å². The molecule has 0 aliphatic heterocycles. The van der Waals surface area contributed by atoms with Crippen molar-refractivity contribution in [3.05, 3.63) is 52.3 Å². The van der Waals surface area contributed by atoms with Gasteiger partial charge in [0.25, 0.3) is 0 Å². The molecular formula is C14H14ClN3. The van der Waals surface area contributed by atoms with Crippen LogP contribution >= 0.6 is 11.6 Å². The molecule has 0 saturated heterocycles. The molecule has 1 heterocycles. The van der Waals surface area contributed by atoms with Gasteiger partial charge < -0.3 is 9.88 Å². The van der Waals surface area contributed by atoms with E-state index >= 15 is 0 Å². The van der Waals surface area contributed by atoms with Crippen LogP contribution in [-0.4, -0.2) is 4.57 Å². The molecule has 2 aromatic rings. The first-order valence-corrected chi connectivity index (χ1v) is 6.04. The van der Waals surface area contributed by atoms with Crippen molar-refractivity contribution in [2.24, 2.45) is 7.05 Å². The molecule has 0 unspecified atom stereocenters. The largest absolute Gasteiger partial charge is 0.381 e. The van der Waals surface area contributed by atoms with Crippen LogP contribution in [0.1, 0.15) is 16.8 Å². The van der Waals surface area contributed by atoms with Gasteiger partial charge in [-0.2, -0.15) is 5.26 Å². The highest BCUT2D eigenvalue weighted by molar-refractivity contribution is 6.31. The van der Waals surface area contributed by atoms with Crippen LogP contribution < -0.4 is 5.32 Å². The molecule has 0 saturated carbocycles. The molecule has 0 aliphatic rings. The van der Waals surface area contributed by atoms with Crippen LogP contribution in [0.5, 0.6) is 0 Å². The maximum absolute atomic E-state index is 8.89. The maximum atomic E-state index is 8.89. The Morgan fingerprint density at radius 3 is 2.89 bits per heavy atom. The van der Waals surface area contributed by atoms with Crippen LogP contribution in [0.4, 0.5) is 5.69 Å². The Morgan fingerprint density at radius 2 is 2.22 bits per heavy atom. The Bertz CT molecular complexity index is 608. The first-order chi connectivity index (χ1) is 8.61. The fourth-order valence-electron chi connectivity index (χ4n) is 1.84. The van der Waals surface area contributed by atoms with Crippen molar-refractivity contribution in [2.75, 3.05) is 5.32 Å². The Morgan fingerprint density at radius 1 is 1.44 bits per heavy atom. The molecule has 0 radical (unpaired) electrons. The lowest BCUT2D eigenvalue weighted by molar-refractivity contribution is 0.902. The van der Waals surface area contributed by atoms with E-state index in [1.54, 1.807) is 0 Å². The zero-order valence-electron chi connectivity index (χ0n) is 10.4. The van der Waals surface area contributed by atoms with Crippen molar-refractivity contribution in [3.63, 3.8) is 0 Å². The lowest BCUT2D eigenvalue weighted by Gasteiger charge is -2.09. The molecular weight excluding hydrogens is 246 g/mol. The molecule has 0 aliphatic carbocycles. The van der Waals surface area contributed by atoms with Crippen molar-refractivity contribution in [3.8, 4) is 6.07 Å². The molecule has 2 rings (SSSR count). The van der Waals surface area contributed by atoms with E-state index in [4.69, 9.17) is 16.9 Å². The first kappa shape index (κ1) is 12.5. The third kappa shape index (κ3) is 2.49. The minimum atomic E-state index is 0.662. The highest BCUT2D eigenvalue weighted by Gasteiger charge is 2.04. The SMILES string of the molecule is Cc1c(Cl)cccc1NCc1cc(C#N)n(C)c1. The summed E-state index contributed by atoms with van der Waals surface area (Å²) in [6.07, 6.45) is 1.95. The average Bonchev–Trinajstić information content (AvgIpc) is 2.72. The second-order valence-corrected chi connectivity index (χ2v) is 4.63. The number of nitriles is 1. The number of aromatic nitrogens is 1. The molecule has 3 nitrogen and oxygen atoms in total. The van der Waals surface area contributed by atoms with Gasteiger partial charge in [0.2, 0.25) is 0 Å². The van der Waals surface area contributed by atoms with E-state index in [0.717, 1.165) is 21.8 Å². The molecule has 18 heavy (non-hydrogen) atoms. The molecule has 92 valence electrons. The summed E-state index contributed by atoms with van der Waals surface area (Å²) in [6.45, 7) is 2.66. The van der Waals surface area contributed by atoms with Crippen molar-refractivity contribution in [1.29, 1.82) is 5.26 Å². The van der Waals surface area contributed by atoms with Crippen molar-refractivity contribution in [1.82, 2.24) is 4.57 Å². The lowest BCUT2D eigenvalue weighted by atomic mass is 10.2. The summed E-state index contributed by atoms with van der Waals surface area (Å²) >= 11 is 6.06. The summed E-state index contributed by atoms with van der Waals surface area (Å²) in [5.74, 6) is 0. The van der Waals surface area contributed by atoms with Crippen LogP contribution in [0.15, 0.2) is 30.5 Å². The zero-order chi connectivity index (χ0) is 13.1. The van der Waals surface area contributed by atoms with Gasteiger partial charge in [0.1, 0.15) is 11.8 Å². The van der Waals surface area contributed by atoms with Gasteiger partial charge in [0.15, 0.2) is 0 Å². The highest BCUT2D eigenvalue weighted by atomic mass is 35.5. The molecule has 4 heteroatoms. The summed E-state index contributed by atoms with van der Waals surface area (Å²) in [4.78, 5) is 0. The van der Waals surface area contributed by atoms with E-state index in [0.29, 0.717) is 12.2 Å². The number of anilines is 1. The fraction of sp³-hybridized carbons (Fsp3) is 0.214. The standard InChI is InChI=1S/C14H14ClN3/c1-10-13(15)4-3-5-14(10)17-8-11-6-12(7-16)18(2)9-11/h3-6,9,17H,8H2,1-2H3. The maximum Gasteiger partial charge on any atom is 0.120 e. The van der Waals surface area contributed by atoms with E-state index in [1.807, 2.05) is 49.0 Å². The lowest BCUT2D eigenvalue weighted by Crippen LogP contribution is -2.00. The van der Waals surface area contributed by atoms with E-state index in [1.165, 1.54) is 0 Å². The van der Waals surface area contributed by atoms with Gasteiger partial charge in [-0.15, -0.1) is 0 Å². The van der Waals surface area contributed by atoms with Gasteiger partial charge in [0.05, 0.1) is 0 Å². The quantitative estimate of drug-likeness (QED) is 0.917. The van der Waals surface area contributed by atoms with E-state index in [2.05, 4.69) is 11.4 Å². The van der Waals surface area contributed by atoms with Crippen molar-refractivity contribution >= 4 is 17.3 Å². The number of hydrogen-bond donors (Lipinski definition) is 1. The first-order valence-electron chi connectivity index (χ1n) is 5.66. The van der Waals surface area contributed by atoms with Crippen LogP contribution in [-0.2, 0) is 13.6 Å². The van der Waals surface area contributed by atoms with Crippen LogP contribution in [0, 0.1) is 18.3 Å². The number of hydrogen-bond acceptors (Lipinski definition) is 2. The van der Waals surface area contributed by atoms with E-state index < -0.39 is 0 Å². The van der Waals surface area contributed by atoms with Gasteiger partial charge >= 0.3 is 0 Å². The van der Waals surface area contributed by atoms with Crippen LogP contribution in [0.3, 0.4) is 0 Å². The number of aryl methyl sites for hydroxylation is 1. The molecule has 0 bridgehead atoms. The normalized spacial score (nSPS) is 10.1. The van der Waals surface area contributed by atoms with Gasteiger partial charge in [-0.25, -0.2) is 0 Å². The Labute approximate surface area is 112 Å². The highest BCUT2D eigenvalue weighted by Crippen LogP contribution is 2.23. The Hall–Kier alpha value is -1.92. The summed E-state index contributed by atoms with van der Waals surface area (Å²) in [5, 5.41) is 13.0. The third-order valence-corrected chi connectivity index (χ3v) is 3.34. The second-order valence-electron chi connectivity index (χ2n) is 4.22. The minimum absolute atomic E-state index is 0.662. The molecule has 1 aromatic heterocycles.